The zero-order chi connectivity index (χ0) is 18.4. The summed E-state index contributed by atoms with van der Waals surface area (Å²) in [5, 5.41) is 22.9. The fraction of sp³-hybridized carbons (Fsp3) is 0.0556. The lowest BCUT2D eigenvalue weighted by Crippen LogP contribution is -2.03. The number of methoxy groups -OCH3 is 1. The molecule has 3 aromatic rings. The van der Waals surface area contributed by atoms with Crippen LogP contribution in [0.15, 0.2) is 54.7 Å². The Balaban J connectivity index is 1.73. The molecule has 0 aliphatic rings. The van der Waals surface area contributed by atoms with Gasteiger partial charge >= 0.3 is 5.97 Å². The van der Waals surface area contributed by atoms with Gasteiger partial charge < -0.3 is 15.4 Å². The van der Waals surface area contributed by atoms with Gasteiger partial charge in [-0.3, -0.25) is 0 Å². The van der Waals surface area contributed by atoms with Crippen molar-refractivity contribution in [1.29, 1.82) is 5.26 Å². The SMILES string of the molecule is COC(=O)c1ccc(Nc2nncc(Nc3cccc(C#N)c3)n2)cc1. The number of rotatable bonds is 5. The molecule has 1 aromatic heterocycles. The monoisotopic (exact) mass is 346 g/mol. The Hall–Kier alpha value is -3.99. The number of nitriles is 1. The number of anilines is 4. The van der Waals surface area contributed by atoms with E-state index >= 15 is 0 Å². The van der Waals surface area contributed by atoms with Crippen LogP contribution >= 0.6 is 0 Å². The number of nitrogens with zero attached hydrogens (tertiary/aromatic N) is 4. The molecule has 0 radical (unpaired) electrons. The van der Waals surface area contributed by atoms with Crippen LogP contribution in [0.25, 0.3) is 0 Å². The molecule has 26 heavy (non-hydrogen) atoms. The molecule has 2 N–H and O–H groups in total. The number of esters is 1. The van der Waals surface area contributed by atoms with Gasteiger partial charge in [0.25, 0.3) is 0 Å². The van der Waals surface area contributed by atoms with Crippen LogP contribution in [0.4, 0.5) is 23.1 Å². The van der Waals surface area contributed by atoms with Crippen molar-refractivity contribution in [2.45, 2.75) is 0 Å². The van der Waals surface area contributed by atoms with Gasteiger partial charge in [0.2, 0.25) is 5.95 Å². The Kier molecular flexibility index (Phi) is 5.00. The first-order valence-electron chi connectivity index (χ1n) is 7.60. The minimum atomic E-state index is -0.403. The van der Waals surface area contributed by atoms with Crippen LogP contribution in [0.3, 0.4) is 0 Å². The van der Waals surface area contributed by atoms with Gasteiger partial charge in [0.15, 0.2) is 5.82 Å². The van der Waals surface area contributed by atoms with Crippen molar-refractivity contribution < 1.29 is 9.53 Å². The van der Waals surface area contributed by atoms with Crippen LogP contribution in [-0.4, -0.2) is 28.3 Å². The fourth-order valence-corrected chi connectivity index (χ4v) is 2.17. The van der Waals surface area contributed by atoms with Crippen LogP contribution < -0.4 is 10.6 Å². The summed E-state index contributed by atoms with van der Waals surface area (Å²) < 4.78 is 4.66. The standard InChI is InChI=1S/C18H14N6O2/c1-26-17(25)13-5-7-14(8-6-13)22-18-23-16(11-20-24-18)21-15-4-2-3-12(9-15)10-19/h2-9,11H,1H3,(H2,21,22,23,24). The number of ether oxygens (including phenoxy) is 1. The second kappa shape index (κ2) is 7.72. The lowest BCUT2D eigenvalue weighted by Gasteiger charge is -2.08. The molecule has 0 bridgehead atoms. The Morgan fingerprint density at radius 2 is 1.92 bits per heavy atom. The maximum atomic E-state index is 11.4. The summed E-state index contributed by atoms with van der Waals surface area (Å²) in [5.74, 6) is 0.362. The van der Waals surface area contributed by atoms with E-state index in [9.17, 15) is 4.79 Å². The van der Waals surface area contributed by atoms with Crippen LogP contribution in [-0.2, 0) is 4.74 Å². The minimum Gasteiger partial charge on any atom is -0.465 e. The summed E-state index contributed by atoms with van der Waals surface area (Å²) in [5.41, 5.74) is 2.41. The van der Waals surface area contributed by atoms with E-state index in [4.69, 9.17) is 5.26 Å². The van der Waals surface area contributed by atoms with E-state index in [1.165, 1.54) is 13.3 Å². The van der Waals surface area contributed by atoms with Gasteiger partial charge in [0, 0.05) is 11.4 Å². The van der Waals surface area contributed by atoms with Crippen molar-refractivity contribution in [2.75, 3.05) is 17.7 Å². The largest absolute Gasteiger partial charge is 0.465 e. The Morgan fingerprint density at radius 3 is 2.65 bits per heavy atom. The van der Waals surface area contributed by atoms with E-state index in [0.717, 1.165) is 5.69 Å². The van der Waals surface area contributed by atoms with Gasteiger partial charge in [-0.15, -0.1) is 5.10 Å². The van der Waals surface area contributed by atoms with E-state index in [0.29, 0.717) is 22.6 Å². The number of aromatic nitrogens is 3. The molecule has 8 nitrogen and oxygen atoms in total. The summed E-state index contributed by atoms with van der Waals surface area (Å²) >= 11 is 0. The lowest BCUT2D eigenvalue weighted by molar-refractivity contribution is 0.0601. The Bertz CT molecular complexity index is 966. The van der Waals surface area contributed by atoms with Crippen molar-refractivity contribution in [3.8, 4) is 6.07 Å². The highest BCUT2D eigenvalue weighted by molar-refractivity contribution is 5.89. The molecule has 3 rings (SSSR count). The van der Waals surface area contributed by atoms with Gasteiger partial charge in [-0.05, 0) is 42.5 Å². The Labute approximate surface area is 149 Å². The van der Waals surface area contributed by atoms with Gasteiger partial charge in [0.1, 0.15) is 0 Å². The van der Waals surface area contributed by atoms with Crippen molar-refractivity contribution >= 4 is 29.1 Å². The fourth-order valence-electron chi connectivity index (χ4n) is 2.17. The number of carbonyl (C=O) groups excluding carboxylic acids is 1. The quantitative estimate of drug-likeness (QED) is 0.678. The van der Waals surface area contributed by atoms with E-state index in [-0.39, 0.29) is 5.95 Å². The number of nitrogens with one attached hydrogen (secondary N) is 2. The molecular formula is C18H14N6O2. The van der Waals surface area contributed by atoms with Crippen molar-refractivity contribution in [3.63, 3.8) is 0 Å². The first kappa shape index (κ1) is 16.9. The predicted octanol–water partition coefficient (Wildman–Crippen LogP) is 3.02. The van der Waals surface area contributed by atoms with Crippen molar-refractivity contribution in [2.24, 2.45) is 0 Å². The van der Waals surface area contributed by atoms with Crippen LogP contribution in [0, 0.1) is 11.3 Å². The summed E-state index contributed by atoms with van der Waals surface area (Å²) in [6.07, 6.45) is 1.48. The zero-order valence-corrected chi connectivity index (χ0v) is 13.8. The third-order valence-electron chi connectivity index (χ3n) is 3.39. The van der Waals surface area contributed by atoms with Gasteiger partial charge in [0.05, 0.1) is 30.5 Å². The molecule has 1 heterocycles. The van der Waals surface area contributed by atoms with E-state index in [2.05, 4.69) is 36.6 Å². The van der Waals surface area contributed by atoms with Crippen molar-refractivity contribution in [1.82, 2.24) is 15.2 Å². The number of carbonyl (C=O) groups is 1. The van der Waals surface area contributed by atoms with Gasteiger partial charge in [-0.2, -0.15) is 15.3 Å². The van der Waals surface area contributed by atoms with Crippen LogP contribution in [0.1, 0.15) is 15.9 Å². The van der Waals surface area contributed by atoms with Crippen LogP contribution in [0.5, 0.6) is 0 Å². The topological polar surface area (TPSA) is 113 Å². The molecular weight excluding hydrogens is 332 g/mol. The predicted molar refractivity (Wildman–Crippen MR) is 95.3 cm³/mol. The molecule has 8 heteroatoms. The maximum Gasteiger partial charge on any atom is 0.337 e. The molecule has 0 atom stereocenters. The van der Waals surface area contributed by atoms with Crippen molar-refractivity contribution in [3.05, 3.63) is 65.9 Å². The van der Waals surface area contributed by atoms with E-state index < -0.39 is 5.97 Å². The number of hydrogen-bond acceptors (Lipinski definition) is 8. The van der Waals surface area contributed by atoms with E-state index in [1.807, 2.05) is 6.07 Å². The molecule has 0 aliphatic heterocycles. The summed E-state index contributed by atoms with van der Waals surface area (Å²) in [4.78, 5) is 15.8. The molecule has 0 amide bonds. The molecule has 0 spiro atoms. The lowest BCUT2D eigenvalue weighted by atomic mass is 10.2. The molecule has 0 saturated heterocycles. The third kappa shape index (κ3) is 4.10. The van der Waals surface area contributed by atoms with Gasteiger partial charge in [-0.25, -0.2) is 4.79 Å². The summed E-state index contributed by atoms with van der Waals surface area (Å²) in [6.45, 7) is 0. The van der Waals surface area contributed by atoms with E-state index in [1.54, 1.807) is 42.5 Å². The second-order valence-corrected chi connectivity index (χ2v) is 5.18. The summed E-state index contributed by atoms with van der Waals surface area (Å²) in [7, 11) is 1.33. The summed E-state index contributed by atoms with van der Waals surface area (Å²) in [6, 6.07) is 15.8. The molecule has 0 aliphatic carbocycles. The first-order valence-corrected chi connectivity index (χ1v) is 7.60. The maximum absolute atomic E-state index is 11.4. The second-order valence-electron chi connectivity index (χ2n) is 5.18. The molecule has 2 aromatic carbocycles. The molecule has 0 unspecified atom stereocenters. The number of benzene rings is 2. The normalized spacial score (nSPS) is 9.85. The highest BCUT2D eigenvalue weighted by Crippen LogP contribution is 2.18. The molecule has 128 valence electrons. The zero-order valence-electron chi connectivity index (χ0n) is 13.8. The highest BCUT2D eigenvalue weighted by Gasteiger charge is 2.06. The molecule has 0 fully saturated rings. The van der Waals surface area contributed by atoms with Crippen LogP contribution in [0.2, 0.25) is 0 Å². The average molecular weight is 346 g/mol. The number of hydrogen-bond donors (Lipinski definition) is 2. The smallest absolute Gasteiger partial charge is 0.337 e. The average Bonchev–Trinajstić information content (AvgIpc) is 2.68. The minimum absolute atomic E-state index is 0.289. The Morgan fingerprint density at radius 1 is 1.12 bits per heavy atom. The third-order valence-corrected chi connectivity index (χ3v) is 3.39. The highest BCUT2D eigenvalue weighted by atomic mass is 16.5. The molecule has 0 saturated carbocycles. The first-order chi connectivity index (χ1) is 12.7. The van der Waals surface area contributed by atoms with Gasteiger partial charge in [-0.1, -0.05) is 6.07 Å².